The Kier molecular flexibility index (Phi) is 1.67. The van der Waals surface area contributed by atoms with Crippen molar-refractivity contribution < 1.29 is 14.3 Å². The van der Waals surface area contributed by atoms with Gasteiger partial charge in [-0.2, -0.15) is 0 Å². The van der Waals surface area contributed by atoms with Crippen LogP contribution < -0.4 is 5.76 Å². The van der Waals surface area contributed by atoms with Crippen LogP contribution in [0.2, 0.25) is 0 Å². The molecule has 0 aliphatic carbocycles. The Bertz CT molecular complexity index is 564. The number of aromatic nitrogens is 1. The molecule has 0 aliphatic heterocycles. The molecular weight excluding hydrogens is 186 g/mol. The van der Waals surface area contributed by atoms with E-state index in [0.29, 0.717) is 5.52 Å². The summed E-state index contributed by atoms with van der Waals surface area (Å²) in [6.07, 6.45) is 0. The second kappa shape index (κ2) is 2.73. The Morgan fingerprint density at radius 1 is 1.50 bits per heavy atom. The van der Waals surface area contributed by atoms with Gasteiger partial charge < -0.3 is 9.52 Å². The normalized spacial score (nSPS) is 10.6. The van der Waals surface area contributed by atoms with Crippen LogP contribution in [-0.2, 0) is 7.05 Å². The summed E-state index contributed by atoms with van der Waals surface area (Å²) < 4.78 is 6.01. The van der Waals surface area contributed by atoms with Crippen molar-refractivity contribution in [2.24, 2.45) is 7.05 Å². The minimum absolute atomic E-state index is 0.0656. The van der Waals surface area contributed by atoms with Gasteiger partial charge in [0.15, 0.2) is 5.58 Å². The van der Waals surface area contributed by atoms with E-state index in [2.05, 4.69) is 0 Å². The molecule has 1 heterocycles. The summed E-state index contributed by atoms with van der Waals surface area (Å²) in [5.74, 6) is -1.64. The summed E-state index contributed by atoms with van der Waals surface area (Å²) in [5, 5.41) is 8.86. The Morgan fingerprint density at radius 2 is 2.21 bits per heavy atom. The summed E-state index contributed by atoms with van der Waals surface area (Å²) in [4.78, 5) is 21.9. The van der Waals surface area contributed by atoms with Gasteiger partial charge in [0.25, 0.3) is 0 Å². The van der Waals surface area contributed by atoms with Crippen LogP contribution in [0, 0.1) is 0 Å². The highest BCUT2D eigenvalue weighted by Crippen LogP contribution is 2.16. The van der Waals surface area contributed by atoms with Crippen molar-refractivity contribution in [2.75, 3.05) is 0 Å². The van der Waals surface area contributed by atoms with Crippen molar-refractivity contribution in [2.45, 2.75) is 0 Å². The number of carbonyl (C=O) groups is 1. The first-order valence-corrected chi connectivity index (χ1v) is 3.93. The molecule has 0 saturated carbocycles. The highest BCUT2D eigenvalue weighted by molar-refractivity contribution is 6.00. The lowest BCUT2D eigenvalue weighted by molar-refractivity contribution is 0.0698. The maximum Gasteiger partial charge on any atom is 0.419 e. The van der Waals surface area contributed by atoms with Gasteiger partial charge in [-0.25, -0.2) is 9.59 Å². The molecule has 0 saturated heterocycles. The summed E-state index contributed by atoms with van der Waals surface area (Å²) in [7, 11) is 1.47. The molecule has 14 heavy (non-hydrogen) atoms. The van der Waals surface area contributed by atoms with Gasteiger partial charge >= 0.3 is 11.7 Å². The van der Waals surface area contributed by atoms with E-state index in [9.17, 15) is 9.59 Å². The number of hydrogen-bond acceptors (Lipinski definition) is 3. The minimum Gasteiger partial charge on any atom is -0.478 e. The number of para-hydroxylation sites is 1. The lowest BCUT2D eigenvalue weighted by atomic mass is 10.2. The highest BCUT2D eigenvalue weighted by atomic mass is 16.4. The first-order valence-electron chi connectivity index (χ1n) is 3.93. The van der Waals surface area contributed by atoms with Gasteiger partial charge in [0.1, 0.15) is 5.52 Å². The van der Waals surface area contributed by atoms with Crippen molar-refractivity contribution in [3.8, 4) is 0 Å². The fraction of sp³-hybridized carbons (Fsp3) is 0.111. The Hall–Kier alpha value is -2.04. The van der Waals surface area contributed by atoms with Crippen molar-refractivity contribution in [1.29, 1.82) is 0 Å². The number of carboxylic acid groups (broad SMARTS) is 1. The van der Waals surface area contributed by atoms with Crippen LogP contribution in [0.1, 0.15) is 10.4 Å². The number of rotatable bonds is 1. The maximum absolute atomic E-state index is 11.1. The predicted octanol–water partition coefficient (Wildman–Crippen LogP) is 0.830. The van der Waals surface area contributed by atoms with Crippen LogP contribution in [0.4, 0.5) is 0 Å². The Morgan fingerprint density at radius 3 is 2.86 bits per heavy atom. The van der Waals surface area contributed by atoms with E-state index in [4.69, 9.17) is 9.52 Å². The number of hydrogen-bond donors (Lipinski definition) is 1. The SMILES string of the molecule is Cn1c(=O)oc2cccc(C(=O)O)c21. The number of fused-ring (bicyclic) bond motifs is 1. The van der Waals surface area contributed by atoms with Crippen LogP contribution in [-0.4, -0.2) is 15.6 Å². The van der Waals surface area contributed by atoms with Crippen LogP contribution in [0.15, 0.2) is 27.4 Å². The van der Waals surface area contributed by atoms with Gasteiger partial charge in [-0.05, 0) is 12.1 Å². The molecule has 0 radical (unpaired) electrons. The zero-order valence-electron chi connectivity index (χ0n) is 7.35. The summed E-state index contributed by atoms with van der Waals surface area (Å²) in [6.45, 7) is 0. The van der Waals surface area contributed by atoms with Crippen LogP contribution in [0.5, 0.6) is 0 Å². The standard InChI is InChI=1S/C9H7NO4/c1-10-7-5(8(11)12)3-2-4-6(7)14-9(10)13/h2-4H,1H3,(H,11,12). The molecule has 0 unspecified atom stereocenters. The van der Waals surface area contributed by atoms with E-state index in [1.165, 1.54) is 23.7 Å². The molecule has 1 aromatic heterocycles. The topological polar surface area (TPSA) is 72.4 Å². The second-order valence-electron chi connectivity index (χ2n) is 2.88. The lowest BCUT2D eigenvalue weighted by Crippen LogP contribution is -2.10. The number of aryl methyl sites for hydroxylation is 1. The number of aromatic carboxylic acids is 1. The summed E-state index contributed by atoms with van der Waals surface area (Å²) in [5.41, 5.74) is 0.665. The number of carboxylic acids is 1. The highest BCUT2D eigenvalue weighted by Gasteiger charge is 2.14. The van der Waals surface area contributed by atoms with Gasteiger partial charge in [-0.1, -0.05) is 6.07 Å². The third-order valence-electron chi connectivity index (χ3n) is 2.04. The molecule has 5 heteroatoms. The van der Waals surface area contributed by atoms with Crippen LogP contribution in [0.25, 0.3) is 11.1 Å². The number of benzene rings is 1. The third-order valence-corrected chi connectivity index (χ3v) is 2.04. The van der Waals surface area contributed by atoms with Crippen LogP contribution >= 0.6 is 0 Å². The molecule has 1 aromatic carbocycles. The third kappa shape index (κ3) is 1.02. The maximum atomic E-state index is 11.1. The van der Waals surface area contributed by atoms with Gasteiger partial charge in [0.05, 0.1) is 5.56 Å². The van der Waals surface area contributed by atoms with Crippen molar-refractivity contribution >= 4 is 17.1 Å². The lowest BCUT2D eigenvalue weighted by Gasteiger charge is -1.96. The van der Waals surface area contributed by atoms with E-state index in [0.717, 1.165) is 0 Å². The monoisotopic (exact) mass is 193 g/mol. The second-order valence-corrected chi connectivity index (χ2v) is 2.88. The van der Waals surface area contributed by atoms with E-state index in [-0.39, 0.29) is 11.1 Å². The molecule has 2 rings (SSSR count). The van der Waals surface area contributed by atoms with Gasteiger partial charge in [-0.15, -0.1) is 0 Å². The molecule has 0 fully saturated rings. The summed E-state index contributed by atoms with van der Waals surface area (Å²) in [6, 6.07) is 4.53. The molecular formula is C9H7NO4. The van der Waals surface area contributed by atoms with Gasteiger partial charge in [0, 0.05) is 7.05 Å². The van der Waals surface area contributed by atoms with Crippen LogP contribution in [0.3, 0.4) is 0 Å². The minimum atomic E-state index is -1.08. The largest absolute Gasteiger partial charge is 0.478 e. The molecule has 0 spiro atoms. The fourth-order valence-electron chi connectivity index (χ4n) is 1.38. The molecule has 2 aromatic rings. The predicted molar refractivity (Wildman–Crippen MR) is 48.4 cm³/mol. The number of nitrogens with zero attached hydrogens (tertiary/aromatic N) is 1. The molecule has 0 amide bonds. The van der Waals surface area contributed by atoms with Crippen molar-refractivity contribution in [3.63, 3.8) is 0 Å². The van der Waals surface area contributed by atoms with Crippen molar-refractivity contribution in [3.05, 3.63) is 34.3 Å². The van der Waals surface area contributed by atoms with E-state index < -0.39 is 11.7 Å². The zero-order valence-corrected chi connectivity index (χ0v) is 7.35. The Balaban J connectivity index is 2.98. The van der Waals surface area contributed by atoms with Gasteiger partial charge in [-0.3, -0.25) is 4.57 Å². The first kappa shape index (κ1) is 8.55. The molecule has 0 bridgehead atoms. The quantitative estimate of drug-likeness (QED) is 0.728. The van der Waals surface area contributed by atoms with Gasteiger partial charge in [0.2, 0.25) is 0 Å². The molecule has 0 aliphatic rings. The molecule has 1 N–H and O–H groups in total. The zero-order chi connectivity index (χ0) is 10.3. The Labute approximate surface area is 78.2 Å². The van der Waals surface area contributed by atoms with E-state index in [1.807, 2.05) is 0 Å². The first-order chi connectivity index (χ1) is 6.61. The van der Waals surface area contributed by atoms with E-state index >= 15 is 0 Å². The van der Waals surface area contributed by atoms with Crippen molar-refractivity contribution in [1.82, 2.24) is 4.57 Å². The van der Waals surface area contributed by atoms with E-state index in [1.54, 1.807) is 6.07 Å². The smallest absolute Gasteiger partial charge is 0.419 e. The fourth-order valence-corrected chi connectivity index (χ4v) is 1.38. The summed E-state index contributed by atoms with van der Waals surface area (Å²) >= 11 is 0. The molecule has 72 valence electrons. The average Bonchev–Trinajstić information content (AvgIpc) is 2.43. The average molecular weight is 193 g/mol. The number of oxazole rings is 1. The molecule has 0 atom stereocenters. The molecule has 5 nitrogen and oxygen atoms in total.